The van der Waals surface area contributed by atoms with E-state index >= 15 is 0 Å². The minimum atomic E-state index is -1.14. The standard InChI is InChI=1S/C20H28O3/c1-5-20(17(21)22,23-15-9-7-6-8-10-15)16-13-14-11-12-19(16,4)18(14,2)3/h6-10,14,16H,5,11-13H2,1-4H3,(H,21,22). The number of rotatable bonds is 5. The lowest BCUT2D eigenvalue weighted by Crippen LogP contribution is -2.56. The van der Waals surface area contributed by atoms with Crippen LogP contribution in [0.3, 0.4) is 0 Å². The Bertz CT molecular complexity index is 594. The molecule has 2 aliphatic carbocycles. The van der Waals surface area contributed by atoms with Gasteiger partial charge in [-0.25, -0.2) is 4.79 Å². The molecule has 2 bridgehead atoms. The summed E-state index contributed by atoms with van der Waals surface area (Å²) in [6.45, 7) is 8.86. The highest BCUT2D eigenvalue weighted by molar-refractivity contribution is 5.79. The summed E-state index contributed by atoms with van der Waals surface area (Å²) in [5, 5.41) is 10.1. The third-order valence-electron chi connectivity index (χ3n) is 7.29. The van der Waals surface area contributed by atoms with Gasteiger partial charge in [-0.05, 0) is 54.6 Å². The maximum Gasteiger partial charge on any atom is 0.348 e. The molecule has 1 aromatic carbocycles. The van der Waals surface area contributed by atoms with Gasteiger partial charge in [0, 0.05) is 5.92 Å². The van der Waals surface area contributed by atoms with Gasteiger partial charge in [-0.1, -0.05) is 45.9 Å². The quantitative estimate of drug-likeness (QED) is 0.852. The molecule has 0 radical (unpaired) electrons. The van der Waals surface area contributed by atoms with Crippen LogP contribution in [-0.4, -0.2) is 16.7 Å². The van der Waals surface area contributed by atoms with Gasteiger partial charge in [0.25, 0.3) is 0 Å². The van der Waals surface area contributed by atoms with Crippen LogP contribution >= 0.6 is 0 Å². The fourth-order valence-corrected chi connectivity index (χ4v) is 5.34. The molecule has 1 aromatic rings. The third-order valence-corrected chi connectivity index (χ3v) is 7.29. The molecule has 0 aromatic heterocycles. The van der Waals surface area contributed by atoms with Gasteiger partial charge in [0.1, 0.15) is 5.75 Å². The molecule has 4 atom stereocenters. The van der Waals surface area contributed by atoms with Crippen LogP contribution in [0.4, 0.5) is 0 Å². The first-order chi connectivity index (χ1) is 10.8. The van der Waals surface area contributed by atoms with E-state index in [0.29, 0.717) is 18.1 Å². The smallest absolute Gasteiger partial charge is 0.348 e. The summed E-state index contributed by atoms with van der Waals surface area (Å²) in [7, 11) is 0. The van der Waals surface area contributed by atoms with E-state index in [0.717, 1.165) is 12.8 Å². The molecule has 23 heavy (non-hydrogen) atoms. The van der Waals surface area contributed by atoms with Crippen LogP contribution in [0.2, 0.25) is 0 Å². The Labute approximate surface area is 139 Å². The summed E-state index contributed by atoms with van der Waals surface area (Å²) in [4.78, 5) is 12.3. The maximum absolute atomic E-state index is 12.3. The fraction of sp³-hybridized carbons (Fsp3) is 0.650. The molecule has 0 amide bonds. The Hall–Kier alpha value is -1.51. The van der Waals surface area contributed by atoms with Crippen LogP contribution in [0.15, 0.2) is 30.3 Å². The molecule has 2 fully saturated rings. The summed E-state index contributed by atoms with van der Waals surface area (Å²) in [5.41, 5.74) is -0.947. The SMILES string of the molecule is CCC(Oc1ccccc1)(C(=O)O)C1CC2CCC1(C)C2(C)C. The second-order valence-corrected chi connectivity index (χ2v) is 8.13. The maximum atomic E-state index is 12.3. The van der Waals surface area contributed by atoms with Crippen molar-refractivity contribution < 1.29 is 14.6 Å². The Morgan fingerprint density at radius 1 is 1.30 bits per heavy atom. The van der Waals surface area contributed by atoms with Crippen molar-refractivity contribution in [1.82, 2.24) is 0 Å². The molecule has 0 saturated heterocycles. The van der Waals surface area contributed by atoms with Crippen molar-refractivity contribution in [3.63, 3.8) is 0 Å². The predicted octanol–water partition coefficient (Wildman–Crippen LogP) is 4.76. The van der Waals surface area contributed by atoms with E-state index in [1.54, 1.807) is 0 Å². The Balaban J connectivity index is 2.02. The monoisotopic (exact) mass is 316 g/mol. The number of para-hydroxylation sites is 1. The highest BCUT2D eigenvalue weighted by Gasteiger charge is 2.68. The topological polar surface area (TPSA) is 46.5 Å². The molecule has 3 nitrogen and oxygen atoms in total. The Morgan fingerprint density at radius 3 is 2.39 bits per heavy atom. The van der Waals surface area contributed by atoms with Crippen molar-refractivity contribution in [2.75, 3.05) is 0 Å². The van der Waals surface area contributed by atoms with Crippen molar-refractivity contribution in [3.8, 4) is 5.75 Å². The Kier molecular flexibility index (Phi) is 3.74. The Morgan fingerprint density at radius 2 is 1.96 bits per heavy atom. The van der Waals surface area contributed by atoms with Crippen molar-refractivity contribution in [3.05, 3.63) is 30.3 Å². The van der Waals surface area contributed by atoms with Crippen molar-refractivity contribution in [1.29, 1.82) is 0 Å². The average molecular weight is 316 g/mol. The second kappa shape index (κ2) is 5.25. The normalized spacial score (nSPS) is 34.1. The first-order valence-corrected chi connectivity index (χ1v) is 8.75. The molecule has 0 spiro atoms. The fourth-order valence-electron chi connectivity index (χ4n) is 5.34. The number of aliphatic carboxylic acids is 1. The van der Waals surface area contributed by atoms with Gasteiger partial charge < -0.3 is 9.84 Å². The summed E-state index contributed by atoms with van der Waals surface area (Å²) >= 11 is 0. The van der Waals surface area contributed by atoms with Gasteiger partial charge in [0.05, 0.1) is 0 Å². The first kappa shape index (κ1) is 16.4. The summed E-state index contributed by atoms with van der Waals surface area (Å²) < 4.78 is 6.21. The second-order valence-electron chi connectivity index (χ2n) is 8.13. The average Bonchev–Trinajstić information content (AvgIpc) is 2.86. The molecule has 3 rings (SSSR count). The van der Waals surface area contributed by atoms with Crippen LogP contribution in [-0.2, 0) is 4.79 Å². The van der Waals surface area contributed by atoms with Crippen LogP contribution < -0.4 is 4.74 Å². The number of hydrogen-bond acceptors (Lipinski definition) is 2. The zero-order valence-corrected chi connectivity index (χ0v) is 14.6. The third kappa shape index (κ3) is 2.12. The molecule has 4 unspecified atom stereocenters. The summed E-state index contributed by atoms with van der Waals surface area (Å²) in [5.74, 6) is 0.480. The number of ether oxygens (including phenoxy) is 1. The molecule has 1 N–H and O–H groups in total. The zero-order valence-electron chi connectivity index (χ0n) is 14.6. The lowest BCUT2D eigenvalue weighted by atomic mass is 9.61. The summed E-state index contributed by atoms with van der Waals surface area (Å²) in [6, 6.07) is 9.42. The van der Waals surface area contributed by atoms with E-state index in [1.165, 1.54) is 6.42 Å². The van der Waals surface area contributed by atoms with Crippen LogP contribution in [0.25, 0.3) is 0 Å². The van der Waals surface area contributed by atoms with Gasteiger partial charge in [-0.3, -0.25) is 0 Å². The number of fused-ring (bicyclic) bond motifs is 2. The zero-order chi connectivity index (χ0) is 16.9. The van der Waals surface area contributed by atoms with Crippen LogP contribution in [0, 0.1) is 22.7 Å². The van der Waals surface area contributed by atoms with Gasteiger partial charge in [-0.15, -0.1) is 0 Å². The molecular weight excluding hydrogens is 288 g/mol. The van der Waals surface area contributed by atoms with Gasteiger partial charge in [-0.2, -0.15) is 0 Å². The van der Waals surface area contributed by atoms with E-state index in [9.17, 15) is 9.90 Å². The van der Waals surface area contributed by atoms with Crippen LogP contribution in [0.5, 0.6) is 5.75 Å². The number of benzene rings is 1. The number of carboxylic acid groups (broad SMARTS) is 1. The molecule has 2 saturated carbocycles. The lowest BCUT2D eigenvalue weighted by Gasteiger charge is -2.47. The first-order valence-electron chi connectivity index (χ1n) is 8.75. The number of carbonyl (C=O) groups is 1. The number of carboxylic acids is 1. The van der Waals surface area contributed by atoms with E-state index in [1.807, 2.05) is 37.3 Å². The highest BCUT2D eigenvalue weighted by Crippen LogP contribution is 2.70. The van der Waals surface area contributed by atoms with Gasteiger partial charge in [0.15, 0.2) is 0 Å². The van der Waals surface area contributed by atoms with Gasteiger partial charge >= 0.3 is 5.97 Å². The molecule has 126 valence electrons. The molecule has 0 heterocycles. The molecular formula is C20H28O3. The summed E-state index contributed by atoms with van der Waals surface area (Å²) in [6.07, 6.45) is 3.75. The van der Waals surface area contributed by atoms with Gasteiger partial charge in [0.2, 0.25) is 5.60 Å². The van der Waals surface area contributed by atoms with Crippen molar-refractivity contribution >= 4 is 5.97 Å². The van der Waals surface area contributed by atoms with Crippen LogP contribution in [0.1, 0.15) is 53.4 Å². The van der Waals surface area contributed by atoms with Crippen molar-refractivity contribution in [2.45, 2.75) is 59.0 Å². The molecule has 0 aliphatic heterocycles. The minimum absolute atomic E-state index is 0.0147. The molecule has 2 aliphatic rings. The van der Waals surface area contributed by atoms with E-state index < -0.39 is 11.6 Å². The lowest BCUT2D eigenvalue weighted by molar-refractivity contribution is -0.168. The number of hydrogen-bond donors (Lipinski definition) is 1. The molecule has 3 heteroatoms. The van der Waals surface area contributed by atoms with E-state index in [-0.39, 0.29) is 16.7 Å². The van der Waals surface area contributed by atoms with E-state index in [4.69, 9.17) is 4.74 Å². The highest BCUT2D eigenvalue weighted by atomic mass is 16.5. The minimum Gasteiger partial charge on any atom is -0.478 e. The predicted molar refractivity (Wildman–Crippen MR) is 90.4 cm³/mol. The van der Waals surface area contributed by atoms with E-state index in [2.05, 4.69) is 20.8 Å². The largest absolute Gasteiger partial charge is 0.478 e. The van der Waals surface area contributed by atoms with Crippen molar-refractivity contribution in [2.24, 2.45) is 22.7 Å².